The highest BCUT2D eigenvalue weighted by atomic mass is 14.3. The van der Waals surface area contributed by atoms with Crippen LogP contribution in [0, 0.1) is 17.8 Å². The molecule has 0 nitrogen and oxygen atoms in total. The molecule has 0 amide bonds. The zero-order chi connectivity index (χ0) is 18.8. The third kappa shape index (κ3) is 6.98. The average Bonchev–Trinajstić information content (AvgIpc) is 2.63. The van der Waals surface area contributed by atoms with Crippen molar-refractivity contribution < 1.29 is 0 Å². The molecule has 26 heavy (non-hydrogen) atoms. The smallest absolute Gasteiger partial charge is 0.0106 e. The van der Waals surface area contributed by atoms with Crippen molar-refractivity contribution in [3.8, 4) is 0 Å². The summed E-state index contributed by atoms with van der Waals surface area (Å²) < 4.78 is 0. The summed E-state index contributed by atoms with van der Waals surface area (Å²) in [5.74, 6) is 1.84. The van der Waals surface area contributed by atoms with Crippen molar-refractivity contribution in [2.75, 3.05) is 0 Å². The Morgan fingerprint density at radius 3 is 2.73 bits per heavy atom. The lowest BCUT2D eigenvalue weighted by atomic mass is 9.72. The van der Waals surface area contributed by atoms with Crippen molar-refractivity contribution >= 4 is 0 Å². The third-order valence-electron chi connectivity index (χ3n) is 5.81. The molecule has 0 radical (unpaired) electrons. The fourth-order valence-corrected chi connectivity index (χ4v) is 4.20. The van der Waals surface area contributed by atoms with E-state index in [1.807, 2.05) is 0 Å². The van der Waals surface area contributed by atoms with Gasteiger partial charge in [-0.1, -0.05) is 93.5 Å². The number of benzene rings is 1. The number of hydrogen-bond acceptors (Lipinski definition) is 0. The molecular formula is C26H38. The molecule has 3 atom stereocenters. The molecule has 0 aromatic heterocycles. The van der Waals surface area contributed by atoms with E-state index in [2.05, 4.69) is 69.5 Å². The first-order chi connectivity index (χ1) is 12.6. The van der Waals surface area contributed by atoms with Gasteiger partial charge in [0.1, 0.15) is 0 Å². The van der Waals surface area contributed by atoms with Gasteiger partial charge in [-0.05, 0) is 68.3 Å². The van der Waals surface area contributed by atoms with Crippen LogP contribution in [0.15, 0.2) is 66.8 Å². The van der Waals surface area contributed by atoms with Crippen LogP contribution >= 0.6 is 0 Å². The monoisotopic (exact) mass is 350 g/mol. The molecule has 1 aliphatic rings. The lowest BCUT2D eigenvalue weighted by Gasteiger charge is -2.32. The van der Waals surface area contributed by atoms with E-state index in [1.165, 1.54) is 61.7 Å². The first-order valence-electron chi connectivity index (χ1n) is 10.7. The Morgan fingerprint density at radius 1 is 1.23 bits per heavy atom. The third-order valence-corrected chi connectivity index (χ3v) is 5.81. The topological polar surface area (TPSA) is 0 Å². The van der Waals surface area contributed by atoms with E-state index in [0.29, 0.717) is 17.8 Å². The van der Waals surface area contributed by atoms with E-state index in [0.717, 1.165) is 12.8 Å². The summed E-state index contributed by atoms with van der Waals surface area (Å²) in [4.78, 5) is 0. The maximum atomic E-state index is 4.42. The van der Waals surface area contributed by atoms with Gasteiger partial charge in [-0.15, -0.1) is 0 Å². The van der Waals surface area contributed by atoms with Crippen LogP contribution in [-0.2, 0) is 6.42 Å². The predicted molar refractivity (Wildman–Crippen MR) is 116 cm³/mol. The van der Waals surface area contributed by atoms with E-state index >= 15 is 0 Å². The molecule has 1 aromatic carbocycles. The van der Waals surface area contributed by atoms with Crippen LogP contribution in [0.3, 0.4) is 0 Å². The van der Waals surface area contributed by atoms with Gasteiger partial charge in [0.15, 0.2) is 0 Å². The van der Waals surface area contributed by atoms with Crippen molar-refractivity contribution in [3.63, 3.8) is 0 Å². The fourth-order valence-electron chi connectivity index (χ4n) is 4.20. The van der Waals surface area contributed by atoms with Crippen LogP contribution < -0.4 is 0 Å². The van der Waals surface area contributed by atoms with E-state index in [1.54, 1.807) is 0 Å². The van der Waals surface area contributed by atoms with Crippen molar-refractivity contribution in [3.05, 3.63) is 72.4 Å². The van der Waals surface area contributed by atoms with Gasteiger partial charge >= 0.3 is 0 Å². The van der Waals surface area contributed by atoms with Gasteiger partial charge in [-0.3, -0.25) is 0 Å². The maximum Gasteiger partial charge on any atom is -0.0106 e. The Bertz CT molecular complexity index is 577. The van der Waals surface area contributed by atoms with E-state index in [9.17, 15) is 0 Å². The number of rotatable bonds is 10. The predicted octanol–water partition coefficient (Wildman–Crippen LogP) is 7.92. The minimum Gasteiger partial charge on any atom is -0.0998 e. The average molecular weight is 351 g/mol. The highest BCUT2D eigenvalue weighted by molar-refractivity contribution is 5.18. The Balaban J connectivity index is 1.91. The van der Waals surface area contributed by atoms with Gasteiger partial charge in [0.25, 0.3) is 0 Å². The molecule has 0 spiro atoms. The van der Waals surface area contributed by atoms with Crippen LogP contribution in [0.2, 0.25) is 0 Å². The summed E-state index contributed by atoms with van der Waals surface area (Å²) in [7, 11) is 0. The molecule has 0 N–H and O–H groups in total. The number of hydrogen-bond donors (Lipinski definition) is 0. The minimum absolute atomic E-state index is 0.584. The summed E-state index contributed by atoms with van der Waals surface area (Å²) >= 11 is 0. The molecule has 1 aliphatic carbocycles. The highest BCUT2D eigenvalue weighted by Crippen LogP contribution is 2.39. The Hall–Kier alpha value is -1.56. The molecule has 0 heteroatoms. The van der Waals surface area contributed by atoms with Gasteiger partial charge in [0.05, 0.1) is 0 Å². The Labute approximate surface area is 162 Å². The number of allylic oxidation sites excluding steroid dienone is 4. The maximum absolute atomic E-state index is 4.42. The summed E-state index contributed by atoms with van der Waals surface area (Å²) in [5, 5.41) is 0. The summed E-state index contributed by atoms with van der Waals surface area (Å²) in [6.07, 6.45) is 16.1. The van der Waals surface area contributed by atoms with E-state index in [-0.39, 0.29) is 0 Å². The molecule has 0 saturated heterocycles. The van der Waals surface area contributed by atoms with Crippen LogP contribution in [0.25, 0.3) is 0 Å². The van der Waals surface area contributed by atoms with Gasteiger partial charge in [0, 0.05) is 0 Å². The normalized spacial score (nSPS) is 21.8. The Morgan fingerprint density at radius 2 is 2.00 bits per heavy atom. The van der Waals surface area contributed by atoms with Gasteiger partial charge < -0.3 is 0 Å². The van der Waals surface area contributed by atoms with Crippen molar-refractivity contribution in [1.29, 1.82) is 0 Å². The summed E-state index contributed by atoms with van der Waals surface area (Å²) in [6.45, 7) is 13.4. The van der Waals surface area contributed by atoms with Crippen molar-refractivity contribution in [2.24, 2.45) is 17.8 Å². The zero-order valence-corrected chi connectivity index (χ0v) is 17.1. The van der Waals surface area contributed by atoms with Gasteiger partial charge in [0.2, 0.25) is 0 Å². The largest absolute Gasteiger partial charge is 0.0998 e. The van der Waals surface area contributed by atoms with Gasteiger partial charge in [-0.25, -0.2) is 0 Å². The van der Waals surface area contributed by atoms with Crippen molar-refractivity contribution in [1.82, 2.24) is 0 Å². The molecule has 1 saturated carbocycles. The van der Waals surface area contributed by atoms with Crippen molar-refractivity contribution in [2.45, 2.75) is 71.6 Å². The summed E-state index contributed by atoms with van der Waals surface area (Å²) in [5.41, 5.74) is 4.32. The second-order valence-electron chi connectivity index (χ2n) is 8.28. The molecule has 0 aliphatic heterocycles. The molecule has 142 valence electrons. The highest BCUT2D eigenvalue weighted by Gasteiger charge is 2.26. The molecule has 2 rings (SSSR count). The number of unbranched alkanes of at least 4 members (excludes halogenated alkanes) is 2. The Kier molecular flexibility index (Phi) is 8.95. The lowest BCUT2D eigenvalue weighted by molar-refractivity contribution is 0.356. The SMILES string of the molecule is C=C(CCCCC)CC1C(=C)CCCC1/C=C/C(C)Cc1ccccc1. The first kappa shape index (κ1) is 20.7. The first-order valence-corrected chi connectivity index (χ1v) is 10.7. The molecule has 1 fully saturated rings. The van der Waals surface area contributed by atoms with Gasteiger partial charge in [-0.2, -0.15) is 0 Å². The summed E-state index contributed by atoms with van der Waals surface area (Å²) in [6, 6.07) is 10.8. The molecular weight excluding hydrogens is 312 g/mol. The lowest BCUT2D eigenvalue weighted by Crippen LogP contribution is -2.20. The quantitative estimate of drug-likeness (QED) is 0.297. The molecule has 1 aromatic rings. The van der Waals surface area contributed by atoms with E-state index in [4.69, 9.17) is 0 Å². The van der Waals surface area contributed by atoms with Crippen LogP contribution in [0.5, 0.6) is 0 Å². The van der Waals surface area contributed by atoms with E-state index < -0.39 is 0 Å². The van der Waals surface area contributed by atoms with Crippen LogP contribution in [-0.4, -0.2) is 0 Å². The minimum atomic E-state index is 0.584. The standard InChI is InChI=1S/C26H38/c1-5-6-8-12-21(2)20-26-23(4)13-11-16-25(26)18-17-22(3)19-24-14-9-7-10-15-24/h7,9-10,14-15,17-18,22,25-26H,2,4-6,8,11-13,16,19-20H2,1,3H3/b18-17+. The molecule has 3 unspecified atom stereocenters. The molecule has 0 bridgehead atoms. The van der Waals surface area contributed by atoms with Crippen LogP contribution in [0.4, 0.5) is 0 Å². The zero-order valence-electron chi connectivity index (χ0n) is 17.1. The van der Waals surface area contributed by atoms with Crippen LogP contribution in [0.1, 0.15) is 70.8 Å². The second-order valence-corrected chi connectivity index (χ2v) is 8.28. The fraction of sp³-hybridized carbons (Fsp3) is 0.538. The molecule has 0 heterocycles. The second kappa shape index (κ2) is 11.2.